The molecule has 0 unspecified atom stereocenters. The van der Waals surface area contributed by atoms with Crippen LogP contribution in [0.25, 0.3) is 0 Å². The van der Waals surface area contributed by atoms with Crippen molar-refractivity contribution in [3.63, 3.8) is 0 Å². The summed E-state index contributed by atoms with van der Waals surface area (Å²) >= 11 is 0. The van der Waals surface area contributed by atoms with E-state index < -0.39 is 6.04 Å². The monoisotopic (exact) mass is 515 g/mol. The summed E-state index contributed by atoms with van der Waals surface area (Å²) < 4.78 is 0. The van der Waals surface area contributed by atoms with Gasteiger partial charge in [0.25, 0.3) is 0 Å². The largest absolute Gasteiger partial charge is 0.352 e. The van der Waals surface area contributed by atoms with E-state index in [2.05, 4.69) is 5.32 Å². The number of allylic oxidation sites excluding steroid dienone is 2. The highest BCUT2D eigenvalue weighted by atomic mass is 16.2. The molecule has 1 heterocycles. The van der Waals surface area contributed by atoms with E-state index in [1.807, 2.05) is 86.7 Å². The summed E-state index contributed by atoms with van der Waals surface area (Å²) in [5.74, 6) is -1.50. The van der Waals surface area contributed by atoms with Gasteiger partial charge in [-0.1, -0.05) is 79.7 Å². The molecule has 7 nitrogen and oxygen atoms in total. The zero-order chi connectivity index (χ0) is 27.1. The van der Waals surface area contributed by atoms with Gasteiger partial charge in [-0.25, -0.2) is 0 Å². The topological polar surface area (TPSA) is 86.8 Å². The Labute approximate surface area is 224 Å². The van der Waals surface area contributed by atoms with E-state index >= 15 is 0 Å². The average molecular weight is 516 g/mol. The highest BCUT2D eigenvalue weighted by Gasteiger charge is 2.47. The van der Waals surface area contributed by atoms with Crippen LogP contribution in [0.5, 0.6) is 0 Å². The minimum atomic E-state index is -0.740. The quantitative estimate of drug-likeness (QED) is 0.364. The lowest BCUT2D eigenvalue weighted by Gasteiger charge is -2.32. The predicted octanol–water partition coefficient (Wildman–Crippen LogP) is 3.88. The molecule has 2 aromatic carbocycles. The van der Waals surface area contributed by atoms with Crippen LogP contribution in [0.1, 0.15) is 50.7 Å². The Kier molecular flexibility index (Phi) is 9.10. The maximum atomic E-state index is 13.8. The summed E-state index contributed by atoms with van der Waals surface area (Å²) in [6.07, 6.45) is 6.13. The minimum Gasteiger partial charge on any atom is -0.352 e. The second kappa shape index (κ2) is 12.7. The summed E-state index contributed by atoms with van der Waals surface area (Å²) in [4.78, 5) is 56.1. The van der Waals surface area contributed by atoms with Gasteiger partial charge in [0.2, 0.25) is 23.6 Å². The molecular weight excluding hydrogens is 478 g/mol. The molecule has 0 bridgehead atoms. The second-order valence-electron chi connectivity index (χ2n) is 10.3. The number of nitrogens with zero attached hydrogens (tertiary/aromatic N) is 2. The van der Waals surface area contributed by atoms with E-state index in [9.17, 15) is 19.2 Å². The lowest BCUT2D eigenvalue weighted by molar-refractivity contribution is -0.144. The first-order chi connectivity index (χ1) is 18.4. The smallest absolute Gasteiger partial charge is 0.243 e. The molecule has 1 N–H and O–H groups in total. The van der Waals surface area contributed by atoms with Gasteiger partial charge in [0.05, 0.1) is 11.8 Å². The minimum absolute atomic E-state index is 0.0276. The average Bonchev–Trinajstić information content (AvgIpc) is 3.19. The molecule has 1 aliphatic carbocycles. The number of imide groups is 1. The molecule has 4 atom stereocenters. The fourth-order valence-electron chi connectivity index (χ4n) is 5.22. The Morgan fingerprint density at radius 1 is 0.921 bits per heavy atom. The third-order valence-electron chi connectivity index (χ3n) is 7.62. The van der Waals surface area contributed by atoms with Gasteiger partial charge < -0.3 is 10.2 Å². The number of benzene rings is 2. The summed E-state index contributed by atoms with van der Waals surface area (Å²) in [5, 5.41) is 3.06. The molecular formula is C31H37N3O4. The van der Waals surface area contributed by atoms with E-state index in [0.29, 0.717) is 19.3 Å². The highest BCUT2D eigenvalue weighted by Crippen LogP contribution is 2.35. The summed E-state index contributed by atoms with van der Waals surface area (Å²) in [5.41, 5.74) is 1.85. The van der Waals surface area contributed by atoms with Gasteiger partial charge in [-0.3, -0.25) is 24.1 Å². The van der Waals surface area contributed by atoms with Crippen molar-refractivity contribution in [1.82, 2.24) is 15.1 Å². The van der Waals surface area contributed by atoms with Crippen LogP contribution >= 0.6 is 0 Å². The van der Waals surface area contributed by atoms with Crippen molar-refractivity contribution < 1.29 is 19.2 Å². The third kappa shape index (κ3) is 6.39. The third-order valence-corrected chi connectivity index (χ3v) is 7.62. The maximum Gasteiger partial charge on any atom is 0.243 e. The van der Waals surface area contributed by atoms with Crippen LogP contribution in [0.3, 0.4) is 0 Å². The Bertz CT molecular complexity index is 1140. The first-order valence-electron chi connectivity index (χ1n) is 13.6. The van der Waals surface area contributed by atoms with E-state index in [-0.39, 0.29) is 61.0 Å². The summed E-state index contributed by atoms with van der Waals surface area (Å²) in [6, 6.07) is 18.5. The molecule has 200 valence electrons. The van der Waals surface area contributed by atoms with Crippen LogP contribution in [-0.4, -0.2) is 52.1 Å². The van der Waals surface area contributed by atoms with Gasteiger partial charge in [0.1, 0.15) is 6.04 Å². The summed E-state index contributed by atoms with van der Waals surface area (Å²) in [6.45, 7) is 4.23. The van der Waals surface area contributed by atoms with Crippen molar-refractivity contribution in [3.8, 4) is 0 Å². The number of hydrogen-bond donors (Lipinski definition) is 1. The van der Waals surface area contributed by atoms with Crippen molar-refractivity contribution in [2.24, 2.45) is 11.8 Å². The molecule has 1 saturated heterocycles. The maximum absolute atomic E-state index is 13.8. The SMILES string of the molecule is CC[C@@H](C)NC(=O)[C@H](Cc1ccccc1)N(Cc1ccccc1)C(=O)CCN1C(=O)[C@H]2CC=CC[C@H]2C1=O. The molecule has 0 aromatic heterocycles. The molecule has 2 aliphatic rings. The van der Waals surface area contributed by atoms with E-state index in [0.717, 1.165) is 17.5 Å². The predicted molar refractivity (Wildman–Crippen MR) is 146 cm³/mol. The van der Waals surface area contributed by atoms with Crippen LogP contribution in [0.15, 0.2) is 72.8 Å². The van der Waals surface area contributed by atoms with Crippen molar-refractivity contribution >= 4 is 23.6 Å². The molecule has 0 saturated carbocycles. The Morgan fingerprint density at radius 3 is 2.03 bits per heavy atom. The molecule has 1 aliphatic heterocycles. The van der Waals surface area contributed by atoms with Crippen LogP contribution in [-0.2, 0) is 32.1 Å². The van der Waals surface area contributed by atoms with Crippen molar-refractivity contribution in [2.75, 3.05) is 6.54 Å². The van der Waals surface area contributed by atoms with Gasteiger partial charge in [-0.2, -0.15) is 0 Å². The number of fused-ring (bicyclic) bond motifs is 1. The fraction of sp³-hybridized carbons (Fsp3) is 0.419. The number of nitrogens with one attached hydrogen (secondary N) is 1. The zero-order valence-electron chi connectivity index (χ0n) is 22.2. The van der Waals surface area contributed by atoms with Gasteiger partial charge in [0, 0.05) is 32.0 Å². The first-order valence-corrected chi connectivity index (χ1v) is 13.6. The molecule has 0 spiro atoms. The van der Waals surface area contributed by atoms with Crippen molar-refractivity contribution in [1.29, 1.82) is 0 Å². The molecule has 2 aromatic rings. The normalized spacial score (nSPS) is 20.1. The van der Waals surface area contributed by atoms with Crippen molar-refractivity contribution in [3.05, 3.63) is 83.9 Å². The van der Waals surface area contributed by atoms with Gasteiger partial charge >= 0.3 is 0 Å². The lowest BCUT2D eigenvalue weighted by Crippen LogP contribution is -2.52. The number of amides is 4. The number of carbonyl (C=O) groups is 4. The van der Waals surface area contributed by atoms with E-state index in [1.165, 1.54) is 4.90 Å². The zero-order valence-corrected chi connectivity index (χ0v) is 22.2. The number of carbonyl (C=O) groups excluding carboxylic acids is 4. The molecule has 4 rings (SSSR count). The number of likely N-dealkylation sites (tertiary alicyclic amines) is 1. The standard InChI is InChI=1S/C31H37N3O4/c1-3-22(2)32-29(36)27(20-23-12-6-4-7-13-23)34(21-24-14-8-5-9-15-24)28(35)18-19-33-30(37)25-16-10-11-17-26(25)31(33)38/h4-15,22,25-27H,3,16-21H2,1-2H3,(H,32,36)/t22-,25-,26+,27+/m1/s1. The van der Waals surface area contributed by atoms with Gasteiger partial charge in [-0.05, 0) is 37.3 Å². The van der Waals surface area contributed by atoms with E-state index in [1.54, 1.807) is 4.90 Å². The van der Waals surface area contributed by atoms with Crippen LogP contribution in [0.4, 0.5) is 0 Å². The Balaban J connectivity index is 1.57. The van der Waals surface area contributed by atoms with Gasteiger partial charge in [0.15, 0.2) is 0 Å². The number of hydrogen-bond acceptors (Lipinski definition) is 4. The molecule has 38 heavy (non-hydrogen) atoms. The fourth-order valence-corrected chi connectivity index (χ4v) is 5.22. The Morgan fingerprint density at radius 2 is 1.47 bits per heavy atom. The molecule has 0 radical (unpaired) electrons. The van der Waals surface area contributed by atoms with Crippen LogP contribution in [0.2, 0.25) is 0 Å². The first kappa shape index (κ1) is 27.3. The highest BCUT2D eigenvalue weighted by molar-refractivity contribution is 6.05. The van der Waals surface area contributed by atoms with Gasteiger partial charge in [-0.15, -0.1) is 0 Å². The second-order valence-corrected chi connectivity index (χ2v) is 10.3. The summed E-state index contributed by atoms with van der Waals surface area (Å²) in [7, 11) is 0. The van der Waals surface area contributed by atoms with E-state index in [4.69, 9.17) is 0 Å². The molecule has 4 amide bonds. The number of rotatable bonds is 11. The van der Waals surface area contributed by atoms with Crippen LogP contribution < -0.4 is 5.32 Å². The lowest BCUT2D eigenvalue weighted by atomic mass is 9.85. The molecule has 1 fully saturated rings. The Hall–Kier alpha value is -3.74. The van der Waals surface area contributed by atoms with Crippen LogP contribution in [0, 0.1) is 11.8 Å². The molecule has 7 heteroatoms. The van der Waals surface area contributed by atoms with Crippen molar-refractivity contribution in [2.45, 2.75) is 64.6 Å².